The van der Waals surface area contributed by atoms with Crippen LogP contribution in [0.4, 0.5) is 5.69 Å². The molecule has 0 radical (unpaired) electrons. The van der Waals surface area contributed by atoms with Gasteiger partial charge in [0.1, 0.15) is 10.7 Å². The van der Waals surface area contributed by atoms with Gasteiger partial charge in [0.15, 0.2) is 0 Å². The second kappa shape index (κ2) is 5.37. The Morgan fingerprint density at radius 2 is 2.33 bits per heavy atom. The molecule has 0 fully saturated rings. The number of benzene rings is 1. The number of aromatic nitrogens is 1. The van der Waals surface area contributed by atoms with Crippen molar-refractivity contribution in [1.29, 1.82) is 0 Å². The molecule has 18 heavy (non-hydrogen) atoms. The average molecular weight is 282 g/mol. The summed E-state index contributed by atoms with van der Waals surface area (Å²) in [6.07, 6.45) is 1.67. The summed E-state index contributed by atoms with van der Waals surface area (Å²) in [5, 5.41) is 3.76. The minimum Gasteiger partial charge on any atom is -0.444 e. The number of oxazole rings is 1. The molecule has 6 heteroatoms. The van der Waals surface area contributed by atoms with Gasteiger partial charge >= 0.3 is 0 Å². The Morgan fingerprint density at radius 1 is 1.56 bits per heavy atom. The van der Waals surface area contributed by atoms with E-state index in [1.165, 1.54) is 0 Å². The molecule has 2 aromatic rings. The number of halogens is 1. The highest BCUT2D eigenvalue weighted by Crippen LogP contribution is 2.21. The predicted molar refractivity (Wildman–Crippen MR) is 75.9 cm³/mol. The molecule has 4 nitrogen and oxygen atoms in total. The number of nitrogens with zero attached hydrogens (tertiary/aromatic N) is 1. The van der Waals surface area contributed by atoms with E-state index < -0.39 is 0 Å². The van der Waals surface area contributed by atoms with Crippen LogP contribution in [0.25, 0.3) is 0 Å². The lowest BCUT2D eigenvalue weighted by atomic mass is 10.2. The summed E-state index contributed by atoms with van der Waals surface area (Å²) in [4.78, 5) is 4.40. The first-order valence-electron chi connectivity index (χ1n) is 5.31. The van der Waals surface area contributed by atoms with Crippen molar-refractivity contribution in [3.63, 3.8) is 0 Å². The number of hydrogen-bond acceptors (Lipinski definition) is 4. The van der Waals surface area contributed by atoms with Crippen molar-refractivity contribution in [1.82, 2.24) is 4.98 Å². The van der Waals surface area contributed by atoms with E-state index in [4.69, 9.17) is 34.0 Å². The maximum Gasteiger partial charge on any atom is 0.213 e. The van der Waals surface area contributed by atoms with E-state index in [1.54, 1.807) is 18.3 Å². The number of nitrogens with two attached hydrogens (primary N) is 1. The predicted octanol–water partition coefficient (Wildman–Crippen LogP) is 2.88. The highest BCUT2D eigenvalue weighted by molar-refractivity contribution is 7.80. The Hall–Kier alpha value is -1.59. The van der Waals surface area contributed by atoms with E-state index in [0.717, 1.165) is 11.4 Å². The van der Waals surface area contributed by atoms with Gasteiger partial charge < -0.3 is 15.5 Å². The zero-order valence-electron chi connectivity index (χ0n) is 9.74. The molecule has 0 saturated heterocycles. The van der Waals surface area contributed by atoms with E-state index >= 15 is 0 Å². The highest BCUT2D eigenvalue weighted by atomic mass is 35.5. The molecule has 0 amide bonds. The van der Waals surface area contributed by atoms with Gasteiger partial charge in [0.2, 0.25) is 5.89 Å². The molecule has 1 aromatic carbocycles. The summed E-state index contributed by atoms with van der Waals surface area (Å²) >= 11 is 10.9. The third-order valence-electron chi connectivity index (χ3n) is 2.35. The number of rotatable bonds is 4. The van der Waals surface area contributed by atoms with Gasteiger partial charge in [0.25, 0.3) is 0 Å². The van der Waals surface area contributed by atoms with Gasteiger partial charge in [-0.15, -0.1) is 0 Å². The molecule has 94 valence electrons. The standard InChI is InChI=1S/C12H12ClN3OS/c1-7-5-16-11(17-7)6-15-10-3-2-8(13)4-9(10)12(14)18/h2-5,15H,6H2,1H3,(H2,14,18). The van der Waals surface area contributed by atoms with Crippen LogP contribution < -0.4 is 11.1 Å². The normalized spacial score (nSPS) is 10.3. The summed E-state index contributed by atoms with van der Waals surface area (Å²) in [6.45, 7) is 2.31. The summed E-state index contributed by atoms with van der Waals surface area (Å²) in [6, 6.07) is 5.33. The van der Waals surface area contributed by atoms with Crippen LogP contribution in [0.15, 0.2) is 28.8 Å². The summed E-state index contributed by atoms with van der Waals surface area (Å²) in [5.41, 5.74) is 7.17. The molecule has 0 spiro atoms. The lowest BCUT2D eigenvalue weighted by molar-refractivity contribution is 0.479. The minimum atomic E-state index is 0.295. The molecule has 0 saturated carbocycles. The quantitative estimate of drug-likeness (QED) is 0.844. The van der Waals surface area contributed by atoms with Crippen LogP contribution >= 0.6 is 23.8 Å². The lowest BCUT2D eigenvalue weighted by Crippen LogP contribution is -2.13. The first-order chi connectivity index (χ1) is 8.56. The molecule has 0 aliphatic rings. The molecule has 0 unspecified atom stereocenters. The third kappa shape index (κ3) is 3.00. The molecule has 0 aliphatic carbocycles. The smallest absolute Gasteiger partial charge is 0.213 e. The Bertz CT molecular complexity index is 582. The molecule has 1 aromatic heterocycles. The largest absolute Gasteiger partial charge is 0.444 e. The Morgan fingerprint density at radius 3 is 2.94 bits per heavy atom. The van der Waals surface area contributed by atoms with Gasteiger partial charge in [0.05, 0.1) is 12.7 Å². The second-order valence-corrected chi connectivity index (χ2v) is 4.65. The van der Waals surface area contributed by atoms with Crippen LogP contribution in [-0.2, 0) is 6.54 Å². The number of thiocarbonyl (C=S) groups is 1. The maximum atomic E-state index is 5.91. The van der Waals surface area contributed by atoms with Crippen molar-refractivity contribution < 1.29 is 4.42 Å². The van der Waals surface area contributed by atoms with Crippen LogP contribution in [0.2, 0.25) is 5.02 Å². The zero-order valence-corrected chi connectivity index (χ0v) is 11.3. The minimum absolute atomic E-state index is 0.295. The Labute approximate surface area is 115 Å². The van der Waals surface area contributed by atoms with Crippen LogP contribution in [0.5, 0.6) is 0 Å². The number of nitrogens with one attached hydrogen (secondary N) is 1. The fourth-order valence-electron chi connectivity index (χ4n) is 1.53. The number of hydrogen-bond donors (Lipinski definition) is 2. The van der Waals surface area contributed by atoms with Crippen molar-refractivity contribution in [2.75, 3.05) is 5.32 Å². The molecule has 0 atom stereocenters. The van der Waals surface area contributed by atoms with Crippen molar-refractivity contribution in [2.24, 2.45) is 5.73 Å². The topological polar surface area (TPSA) is 64.1 Å². The van der Waals surface area contributed by atoms with Crippen LogP contribution in [0, 0.1) is 6.92 Å². The van der Waals surface area contributed by atoms with Crippen molar-refractivity contribution in [2.45, 2.75) is 13.5 Å². The fraction of sp³-hybridized carbons (Fsp3) is 0.167. The first kappa shape index (κ1) is 12.9. The van der Waals surface area contributed by atoms with Gasteiger partial charge in [-0.25, -0.2) is 4.98 Å². The number of aryl methyl sites for hydroxylation is 1. The molecule has 3 N–H and O–H groups in total. The van der Waals surface area contributed by atoms with E-state index in [-0.39, 0.29) is 0 Å². The van der Waals surface area contributed by atoms with Crippen molar-refractivity contribution >= 4 is 34.5 Å². The fourth-order valence-corrected chi connectivity index (χ4v) is 1.87. The van der Waals surface area contributed by atoms with E-state index in [0.29, 0.717) is 28.0 Å². The van der Waals surface area contributed by atoms with Gasteiger partial charge in [0, 0.05) is 16.3 Å². The van der Waals surface area contributed by atoms with Crippen molar-refractivity contribution in [3.05, 3.63) is 46.6 Å². The molecule has 0 aliphatic heterocycles. The second-order valence-electron chi connectivity index (χ2n) is 3.77. The van der Waals surface area contributed by atoms with Crippen LogP contribution in [-0.4, -0.2) is 9.97 Å². The average Bonchev–Trinajstić information content (AvgIpc) is 2.73. The third-order valence-corrected chi connectivity index (χ3v) is 2.80. The Kier molecular flexibility index (Phi) is 3.84. The monoisotopic (exact) mass is 281 g/mol. The highest BCUT2D eigenvalue weighted by Gasteiger charge is 2.07. The summed E-state index contributed by atoms with van der Waals surface area (Å²) in [7, 11) is 0. The number of anilines is 1. The van der Waals surface area contributed by atoms with Gasteiger partial charge in [-0.05, 0) is 25.1 Å². The summed E-state index contributed by atoms with van der Waals surface area (Å²) < 4.78 is 5.37. The summed E-state index contributed by atoms with van der Waals surface area (Å²) in [5.74, 6) is 1.38. The molecular weight excluding hydrogens is 270 g/mol. The van der Waals surface area contributed by atoms with E-state index in [2.05, 4.69) is 10.3 Å². The lowest BCUT2D eigenvalue weighted by Gasteiger charge is -2.10. The SMILES string of the molecule is Cc1cnc(CNc2ccc(Cl)cc2C(N)=S)o1. The molecule has 0 bridgehead atoms. The Balaban J connectivity index is 2.16. The van der Waals surface area contributed by atoms with Gasteiger partial charge in [-0.3, -0.25) is 0 Å². The first-order valence-corrected chi connectivity index (χ1v) is 6.09. The van der Waals surface area contributed by atoms with Crippen LogP contribution in [0.1, 0.15) is 17.2 Å². The van der Waals surface area contributed by atoms with E-state index in [1.807, 2.05) is 13.0 Å². The van der Waals surface area contributed by atoms with E-state index in [9.17, 15) is 0 Å². The van der Waals surface area contributed by atoms with Crippen LogP contribution in [0.3, 0.4) is 0 Å². The van der Waals surface area contributed by atoms with Gasteiger partial charge in [-0.2, -0.15) is 0 Å². The molecule has 1 heterocycles. The van der Waals surface area contributed by atoms with Gasteiger partial charge in [-0.1, -0.05) is 23.8 Å². The van der Waals surface area contributed by atoms with Crippen molar-refractivity contribution in [3.8, 4) is 0 Å². The maximum absolute atomic E-state index is 5.91. The molecule has 2 rings (SSSR count). The molecular formula is C12H12ClN3OS. The zero-order chi connectivity index (χ0) is 13.1.